The molecule has 70 valence electrons. The molecule has 0 saturated heterocycles. The zero-order valence-corrected chi connectivity index (χ0v) is 8.47. The van der Waals surface area contributed by atoms with Crippen LogP contribution in [0.1, 0.15) is 13.8 Å². The third-order valence-electron chi connectivity index (χ3n) is 1.33. The van der Waals surface area contributed by atoms with E-state index in [1.165, 1.54) is 0 Å². The third kappa shape index (κ3) is 3.06. The van der Waals surface area contributed by atoms with Crippen LogP contribution < -0.4 is 5.32 Å². The minimum atomic E-state index is 0.460. The summed E-state index contributed by atoms with van der Waals surface area (Å²) in [4.78, 5) is 14.4. The molecule has 13 heavy (non-hydrogen) atoms. The van der Waals surface area contributed by atoms with Crippen LogP contribution in [0.5, 0.6) is 0 Å². The van der Waals surface area contributed by atoms with Gasteiger partial charge in [-0.15, -0.1) is 11.8 Å². The topological polar surface area (TPSA) is 42.0 Å². The monoisotopic (exact) mass is 196 g/mol. The molecule has 1 aromatic rings. The molecule has 4 heteroatoms. The number of carbonyl (C=O) groups is 1. The van der Waals surface area contributed by atoms with Crippen molar-refractivity contribution in [2.45, 2.75) is 24.1 Å². The zero-order chi connectivity index (χ0) is 9.68. The Morgan fingerprint density at radius 1 is 1.62 bits per heavy atom. The van der Waals surface area contributed by atoms with Gasteiger partial charge < -0.3 is 5.32 Å². The number of hydrogen-bond acceptors (Lipinski definition) is 3. The number of nitrogens with one attached hydrogen (secondary N) is 1. The van der Waals surface area contributed by atoms with Crippen LogP contribution in [0.4, 0.5) is 5.69 Å². The van der Waals surface area contributed by atoms with Gasteiger partial charge >= 0.3 is 0 Å². The van der Waals surface area contributed by atoms with E-state index in [2.05, 4.69) is 24.1 Å². The first-order valence-corrected chi connectivity index (χ1v) is 4.94. The van der Waals surface area contributed by atoms with Crippen molar-refractivity contribution in [1.82, 2.24) is 4.98 Å². The molecule has 3 nitrogen and oxygen atoms in total. The molecule has 0 aliphatic heterocycles. The molecular formula is C9H12N2OS. The number of thioether (sulfide) groups is 1. The molecule has 0 atom stereocenters. The van der Waals surface area contributed by atoms with Gasteiger partial charge in [0, 0.05) is 11.4 Å². The molecule has 0 aliphatic rings. The Kier molecular flexibility index (Phi) is 3.76. The Morgan fingerprint density at radius 2 is 2.38 bits per heavy atom. The van der Waals surface area contributed by atoms with Crippen LogP contribution in [0.2, 0.25) is 0 Å². The van der Waals surface area contributed by atoms with Crippen LogP contribution in [0.3, 0.4) is 0 Å². The lowest BCUT2D eigenvalue weighted by Gasteiger charge is -2.07. The maximum Gasteiger partial charge on any atom is 0.211 e. The van der Waals surface area contributed by atoms with Crippen LogP contribution in [0.15, 0.2) is 23.4 Å². The molecule has 1 aromatic heterocycles. The Labute approximate surface area is 81.9 Å². The minimum Gasteiger partial charge on any atom is -0.326 e. The van der Waals surface area contributed by atoms with E-state index in [1.54, 1.807) is 24.0 Å². The highest BCUT2D eigenvalue weighted by Crippen LogP contribution is 2.27. The van der Waals surface area contributed by atoms with E-state index in [0.29, 0.717) is 11.7 Å². The van der Waals surface area contributed by atoms with E-state index < -0.39 is 0 Å². The van der Waals surface area contributed by atoms with Crippen LogP contribution >= 0.6 is 11.8 Å². The zero-order valence-electron chi connectivity index (χ0n) is 7.65. The molecular weight excluding hydrogens is 184 g/mol. The van der Waals surface area contributed by atoms with E-state index >= 15 is 0 Å². The second kappa shape index (κ2) is 4.87. The lowest BCUT2D eigenvalue weighted by molar-refractivity contribution is -0.105. The van der Waals surface area contributed by atoms with Crippen LogP contribution in [-0.4, -0.2) is 16.6 Å². The maximum atomic E-state index is 10.3. The summed E-state index contributed by atoms with van der Waals surface area (Å²) in [5, 5.41) is 3.94. The average molecular weight is 196 g/mol. The molecule has 0 saturated carbocycles. The van der Waals surface area contributed by atoms with Gasteiger partial charge in [-0.25, -0.2) is 4.98 Å². The molecule has 0 unspecified atom stereocenters. The number of aromatic nitrogens is 1. The molecule has 0 bridgehead atoms. The lowest BCUT2D eigenvalue weighted by Crippen LogP contribution is -1.98. The first-order valence-electron chi connectivity index (χ1n) is 4.06. The van der Waals surface area contributed by atoms with Gasteiger partial charge in [0.15, 0.2) is 0 Å². The first-order chi connectivity index (χ1) is 6.24. The normalized spacial score (nSPS) is 10.1. The van der Waals surface area contributed by atoms with Crippen LogP contribution in [0.25, 0.3) is 0 Å². The van der Waals surface area contributed by atoms with Gasteiger partial charge in [0.05, 0.1) is 5.69 Å². The van der Waals surface area contributed by atoms with Gasteiger partial charge in [-0.3, -0.25) is 4.79 Å². The second-order valence-corrected chi connectivity index (χ2v) is 4.35. The van der Waals surface area contributed by atoms with Gasteiger partial charge in [0.1, 0.15) is 5.03 Å². The molecule has 1 heterocycles. The number of hydrogen-bond donors (Lipinski definition) is 1. The van der Waals surface area contributed by atoms with Crippen molar-refractivity contribution in [2.75, 3.05) is 5.32 Å². The molecule has 0 aliphatic carbocycles. The smallest absolute Gasteiger partial charge is 0.211 e. The highest BCUT2D eigenvalue weighted by Gasteiger charge is 2.04. The van der Waals surface area contributed by atoms with Gasteiger partial charge in [-0.2, -0.15) is 0 Å². The Morgan fingerprint density at radius 3 is 3.00 bits per heavy atom. The molecule has 0 aromatic carbocycles. The molecule has 0 spiro atoms. The minimum absolute atomic E-state index is 0.460. The van der Waals surface area contributed by atoms with Crippen LogP contribution in [0, 0.1) is 0 Å². The summed E-state index contributed by atoms with van der Waals surface area (Å²) >= 11 is 1.63. The predicted octanol–water partition coefficient (Wildman–Crippen LogP) is 2.15. The molecule has 1 rings (SSSR count). The lowest BCUT2D eigenvalue weighted by atomic mass is 10.4. The summed E-state index contributed by atoms with van der Waals surface area (Å²) in [6.45, 7) is 4.17. The van der Waals surface area contributed by atoms with Gasteiger partial charge in [-0.1, -0.05) is 13.8 Å². The Bertz CT molecular complexity index is 289. The fourth-order valence-corrected chi connectivity index (χ4v) is 1.70. The average Bonchev–Trinajstić information content (AvgIpc) is 2.08. The summed E-state index contributed by atoms with van der Waals surface area (Å²) < 4.78 is 0. The van der Waals surface area contributed by atoms with Crippen LogP contribution in [-0.2, 0) is 4.79 Å². The highest BCUT2D eigenvalue weighted by molar-refractivity contribution is 7.99. The number of anilines is 1. The van der Waals surface area contributed by atoms with E-state index in [9.17, 15) is 4.79 Å². The van der Waals surface area contributed by atoms with E-state index in [0.717, 1.165) is 10.7 Å². The third-order valence-corrected chi connectivity index (χ3v) is 2.35. The van der Waals surface area contributed by atoms with Crippen molar-refractivity contribution in [3.8, 4) is 0 Å². The summed E-state index contributed by atoms with van der Waals surface area (Å²) in [5.41, 5.74) is 0.774. The fourth-order valence-electron chi connectivity index (χ4n) is 0.881. The number of rotatable bonds is 4. The number of carbonyl (C=O) groups excluding carboxylic acids is 1. The standard InChI is InChI=1S/C9H12N2OS/c1-7(2)13-9-8(11-6-12)4-3-5-10-9/h3-7H,1-2H3,(H,11,12). The van der Waals surface area contributed by atoms with E-state index in [-0.39, 0.29) is 0 Å². The van der Waals surface area contributed by atoms with Crippen molar-refractivity contribution in [3.63, 3.8) is 0 Å². The molecule has 0 fully saturated rings. The maximum absolute atomic E-state index is 10.3. The van der Waals surface area contributed by atoms with Crippen molar-refractivity contribution < 1.29 is 4.79 Å². The predicted molar refractivity (Wildman–Crippen MR) is 54.9 cm³/mol. The highest BCUT2D eigenvalue weighted by atomic mass is 32.2. The molecule has 0 radical (unpaired) electrons. The Balaban J connectivity index is 2.83. The molecule has 1 N–H and O–H groups in total. The van der Waals surface area contributed by atoms with Gasteiger partial charge in [0.25, 0.3) is 0 Å². The summed E-state index contributed by atoms with van der Waals surface area (Å²) in [6.07, 6.45) is 2.39. The van der Waals surface area contributed by atoms with Crippen molar-refractivity contribution in [1.29, 1.82) is 0 Å². The SMILES string of the molecule is CC(C)Sc1ncccc1NC=O. The number of pyridine rings is 1. The number of nitrogens with zero attached hydrogens (tertiary/aromatic N) is 1. The summed E-state index contributed by atoms with van der Waals surface area (Å²) in [5.74, 6) is 0. The number of amides is 1. The van der Waals surface area contributed by atoms with Crippen molar-refractivity contribution in [3.05, 3.63) is 18.3 Å². The van der Waals surface area contributed by atoms with Crippen molar-refractivity contribution in [2.24, 2.45) is 0 Å². The van der Waals surface area contributed by atoms with Crippen molar-refractivity contribution >= 4 is 23.9 Å². The first kappa shape index (κ1) is 10.1. The van der Waals surface area contributed by atoms with E-state index in [1.807, 2.05) is 6.07 Å². The Hall–Kier alpha value is -1.03. The van der Waals surface area contributed by atoms with Gasteiger partial charge in [-0.05, 0) is 12.1 Å². The van der Waals surface area contributed by atoms with Gasteiger partial charge in [0.2, 0.25) is 6.41 Å². The summed E-state index contributed by atoms with van der Waals surface area (Å²) in [6, 6.07) is 3.64. The summed E-state index contributed by atoms with van der Waals surface area (Å²) in [7, 11) is 0. The second-order valence-electron chi connectivity index (χ2n) is 2.78. The fraction of sp³-hybridized carbons (Fsp3) is 0.333. The van der Waals surface area contributed by atoms with E-state index in [4.69, 9.17) is 0 Å². The largest absolute Gasteiger partial charge is 0.326 e. The quantitative estimate of drug-likeness (QED) is 0.592. The molecule has 1 amide bonds.